The van der Waals surface area contributed by atoms with Gasteiger partial charge in [-0.25, -0.2) is 9.97 Å². The molecule has 0 aliphatic rings. The third-order valence-corrected chi connectivity index (χ3v) is 11.6. The zero-order valence-electron chi connectivity index (χ0n) is 28.0. The van der Waals surface area contributed by atoms with Gasteiger partial charge in [-0.1, -0.05) is 146 Å². The van der Waals surface area contributed by atoms with Gasteiger partial charge < -0.3 is 4.57 Å². The molecule has 11 aromatic rings. The molecule has 0 saturated carbocycles. The van der Waals surface area contributed by atoms with Crippen LogP contribution in [-0.2, 0) is 0 Å². The summed E-state index contributed by atoms with van der Waals surface area (Å²) in [6.07, 6.45) is 2.02. The average Bonchev–Trinajstić information content (AvgIpc) is 3.77. The van der Waals surface area contributed by atoms with Crippen LogP contribution in [0.2, 0.25) is 0 Å². The summed E-state index contributed by atoms with van der Waals surface area (Å²) in [5, 5.41) is 10.0. The molecule has 0 saturated heterocycles. The molecule has 0 fully saturated rings. The minimum atomic E-state index is 0.709. The van der Waals surface area contributed by atoms with Crippen molar-refractivity contribution < 1.29 is 0 Å². The highest BCUT2D eigenvalue weighted by Gasteiger charge is 2.24. The number of fused-ring (bicyclic) bond motifs is 10. The van der Waals surface area contributed by atoms with E-state index in [1.165, 1.54) is 69.1 Å². The topological polar surface area (TPSA) is 30.7 Å². The van der Waals surface area contributed by atoms with Crippen molar-refractivity contribution in [3.05, 3.63) is 176 Å². The lowest BCUT2D eigenvalue weighted by Gasteiger charge is -2.15. The van der Waals surface area contributed by atoms with Crippen molar-refractivity contribution in [1.82, 2.24) is 14.5 Å². The van der Waals surface area contributed by atoms with E-state index in [0.29, 0.717) is 5.82 Å². The summed E-state index contributed by atoms with van der Waals surface area (Å²) < 4.78 is 4.96. The molecule has 0 N–H and O–H groups in total. The summed E-state index contributed by atoms with van der Waals surface area (Å²) in [4.78, 5) is 10.3. The molecule has 0 radical (unpaired) electrons. The number of hydrogen-bond donors (Lipinski definition) is 0. The molecule has 0 spiro atoms. The van der Waals surface area contributed by atoms with Crippen molar-refractivity contribution >= 4 is 74.9 Å². The number of benzene rings is 8. The lowest BCUT2D eigenvalue weighted by atomic mass is 9.93. The van der Waals surface area contributed by atoms with Gasteiger partial charge in [0.15, 0.2) is 5.82 Å². The Morgan fingerprint density at radius 3 is 1.98 bits per heavy atom. The maximum Gasteiger partial charge on any atom is 0.159 e. The molecular weight excluding hydrogens is 651 g/mol. The van der Waals surface area contributed by atoms with E-state index in [1.54, 1.807) is 0 Å². The summed E-state index contributed by atoms with van der Waals surface area (Å²) >= 11 is 1.88. The monoisotopic (exact) mass is 679 g/mol. The molecule has 4 heteroatoms. The summed E-state index contributed by atoms with van der Waals surface area (Å²) in [5.74, 6) is 0.709. The first-order valence-corrected chi connectivity index (χ1v) is 18.4. The van der Waals surface area contributed by atoms with Crippen molar-refractivity contribution in [1.29, 1.82) is 0 Å². The Morgan fingerprint density at radius 2 is 1.15 bits per heavy atom. The fraction of sp³-hybridized carbons (Fsp3) is 0. The standard InChI is InChI=1S/C48H29N3S/c1-3-15-32(16-4-1)45-41(29-49-48(50-45)33-17-5-2-6-18-33)51-40-22-12-11-21-37(40)39-28-38(35-24-23-30-13-7-8-19-34(30)27-35)44-43-36-20-10-9-14-31(36)25-26-42(43)52-47(44)46(39)51/h1-29H. The Bertz CT molecular complexity index is 3180. The molecule has 11 rings (SSSR count). The van der Waals surface area contributed by atoms with E-state index in [0.717, 1.165) is 28.0 Å². The van der Waals surface area contributed by atoms with Gasteiger partial charge in [0.05, 0.1) is 33.3 Å². The maximum atomic E-state index is 5.31. The van der Waals surface area contributed by atoms with Crippen molar-refractivity contribution in [3.8, 4) is 39.5 Å². The van der Waals surface area contributed by atoms with Crippen molar-refractivity contribution in [3.63, 3.8) is 0 Å². The van der Waals surface area contributed by atoms with Crippen LogP contribution in [0.5, 0.6) is 0 Å². The van der Waals surface area contributed by atoms with Gasteiger partial charge >= 0.3 is 0 Å². The zero-order valence-corrected chi connectivity index (χ0v) is 28.8. The Kier molecular flexibility index (Phi) is 6.42. The quantitative estimate of drug-likeness (QED) is 0.185. The minimum absolute atomic E-state index is 0.709. The molecule has 8 aromatic carbocycles. The van der Waals surface area contributed by atoms with E-state index in [4.69, 9.17) is 9.97 Å². The van der Waals surface area contributed by atoms with Crippen LogP contribution in [0.15, 0.2) is 176 Å². The number of rotatable bonds is 4. The SMILES string of the molecule is c1ccc(-c2ncc(-n3c4ccccc4c4cc(-c5ccc6ccccc6c5)c5c(sc6ccc7ccccc7c65)c43)c(-c3ccccc3)n2)cc1. The van der Waals surface area contributed by atoms with Crippen LogP contribution in [-0.4, -0.2) is 14.5 Å². The molecule has 0 amide bonds. The zero-order chi connectivity index (χ0) is 34.2. The van der Waals surface area contributed by atoms with Gasteiger partial charge in [0.25, 0.3) is 0 Å². The Hall–Kier alpha value is -6.62. The number of para-hydroxylation sites is 1. The van der Waals surface area contributed by atoms with Crippen LogP contribution in [0.4, 0.5) is 0 Å². The van der Waals surface area contributed by atoms with Crippen molar-refractivity contribution in [2.75, 3.05) is 0 Å². The number of hydrogen-bond acceptors (Lipinski definition) is 3. The fourth-order valence-corrected chi connectivity index (χ4v) is 9.33. The largest absolute Gasteiger partial charge is 0.304 e. The summed E-state index contributed by atoms with van der Waals surface area (Å²) in [5.41, 5.74) is 8.67. The first-order chi connectivity index (χ1) is 25.8. The predicted octanol–water partition coefficient (Wildman–Crippen LogP) is 13.2. The molecular formula is C48H29N3S. The highest BCUT2D eigenvalue weighted by Crippen LogP contribution is 2.50. The van der Waals surface area contributed by atoms with Crippen LogP contribution in [0.1, 0.15) is 0 Å². The van der Waals surface area contributed by atoms with Gasteiger partial charge in [0.2, 0.25) is 0 Å². The molecule has 3 nitrogen and oxygen atoms in total. The highest BCUT2D eigenvalue weighted by atomic mass is 32.1. The number of nitrogens with zero attached hydrogens (tertiary/aromatic N) is 3. The van der Waals surface area contributed by atoms with E-state index in [2.05, 4.69) is 156 Å². The van der Waals surface area contributed by atoms with Crippen LogP contribution < -0.4 is 0 Å². The molecule has 0 aliphatic carbocycles. The van der Waals surface area contributed by atoms with Gasteiger partial charge in [-0.2, -0.15) is 0 Å². The Labute approximate surface area is 303 Å². The fourth-order valence-electron chi connectivity index (χ4n) is 8.05. The van der Waals surface area contributed by atoms with Crippen LogP contribution in [0.25, 0.3) is 103 Å². The van der Waals surface area contributed by atoms with E-state index in [9.17, 15) is 0 Å². The second-order valence-corrected chi connectivity index (χ2v) is 14.4. The van der Waals surface area contributed by atoms with Crippen molar-refractivity contribution in [2.45, 2.75) is 0 Å². The molecule has 52 heavy (non-hydrogen) atoms. The minimum Gasteiger partial charge on any atom is -0.304 e. The third-order valence-electron chi connectivity index (χ3n) is 10.4. The lowest BCUT2D eigenvalue weighted by molar-refractivity contribution is 1.09. The average molecular weight is 680 g/mol. The maximum absolute atomic E-state index is 5.31. The Morgan fingerprint density at radius 1 is 0.481 bits per heavy atom. The van der Waals surface area contributed by atoms with E-state index in [1.807, 2.05) is 35.7 Å². The van der Waals surface area contributed by atoms with Gasteiger partial charge in [0.1, 0.15) is 0 Å². The summed E-state index contributed by atoms with van der Waals surface area (Å²) in [6, 6.07) is 60.9. The number of thiophene rings is 1. The van der Waals surface area contributed by atoms with Gasteiger partial charge in [-0.3, -0.25) is 0 Å². The van der Waals surface area contributed by atoms with Crippen LogP contribution in [0.3, 0.4) is 0 Å². The summed E-state index contributed by atoms with van der Waals surface area (Å²) in [7, 11) is 0. The summed E-state index contributed by atoms with van der Waals surface area (Å²) in [6.45, 7) is 0. The van der Waals surface area contributed by atoms with Crippen LogP contribution >= 0.6 is 11.3 Å². The second kappa shape index (κ2) is 11.5. The highest BCUT2D eigenvalue weighted by molar-refractivity contribution is 7.27. The third kappa shape index (κ3) is 4.38. The number of aromatic nitrogens is 3. The van der Waals surface area contributed by atoms with Crippen LogP contribution in [0, 0.1) is 0 Å². The first kappa shape index (κ1) is 29.1. The van der Waals surface area contributed by atoms with Crippen molar-refractivity contribution in [2.24, 2.45) is 0 Å². The molecule has 0 aliphatic heterocycles. The van der Waals surface area contributed by atoms with E-state index >= 15 is 0 Å². The second-order valence-electron chi connectivity index (χ2n) is 13.4. The van der Waals surface area contributed by atoms with Gasteiger partial charge in [0, 0.05) is 37.4 Å². The Balaban J connectivity index is 1.32. The lowest BCUT2D eigenvalue weighted by Crippen LogP contribution is -2.02. The normalized spacial score (nSPS) is 11.8. The molecule has 3 heterocycles. The molecule has 0 unspecified atom stereocenters. The smallest absolute Gasteiger partial charge is 0.159 e. The molecule has 0 bridgehead atoms. The van der Waals surface area contributed by atoms with Gasteiger partial charge in [-0.05, 0) is 56.9 Å². The van der Waals surface area contributed by atoms with E-state index < -0.39 is 0 Å². The predicted molar refractivity (Wildman–Crippen MR) is 221 cm³/mol. The molecule has 242 valence electrons. The van der Waals surface area contributed by atoms with E-state index in [-0.39, 0.29) is 0 Å². The molecule has 0 atom stereocenters. The molecule has 3 aromatic heterocycles. The first-order valence-electron chi connectivity index (χ1n) is 17.6. The van der Waals surface area contributed by atoms with Gasteiger partial charge in [-0.15, -0.1) is 11.3 Å².